The van der Waals surface area contributed by atoms with E-state index in [0.717, 1.165) is 34.3 Å². The third kappa shape index (κ3) is 4.54. The van der Waals surface area contributed by atoms with Crippen molar-refractivity contribution >= 4 is 28.5 Å². The van der Waals surface area contributed by atoms with Crippen LogP contribution in [0.5, 0.6) is 0 Å². The van der Waals surface area contributed by atoms with Crippen LogP contribution in [0.4, 0.5) is 0 Å². The van der Waals surface area contributed by atoms with Crippen LogP contribution in [0.15, 0.2) is 76.0 Å². The van der Waals surface area contributed by atoms with Gasteiger partial charge in [-0.25, -0.2) is 0 Å². The fourth-order valence-corrected chi connectivity index (χ4v) is 3.52. The van der Waals surface area contributed by atoms with Crippen molar-refractivity contribution in [2.24, 2.45) is 0 Å². The van der Waals surface area contributed by atoms with Crippen molar-refractivity contribution < 1.29 is 13.6 Å². The maximum Gasteiger partial charge on any atom is 0.227 e. The highest BCUT2D eigenvalue weighted by Crippen LogP contribution is 2.24. The van der Waals surface area contributed by atoms with E-state index < -0.39 is 0 Å². The van der Waals surface area contributed by atoms with Crippen LogP contribution < -0.4 is 0 Å². The molecule has 0 aliphatic rings. The molecule has 0 fully saturated rings. The number of aryl methyl sites for hydroxylation is 1. The summed E-state index contributed by atoms with van der Waals surface area (Å²) in [7, 11) is 0. The molecule has 2 aromatic carbocycles. The minimum absolute atomic E-state index is 0.0148. The van der Waals surface area contributed by atoms with Gasteiger partial charge in [-0.05, 0) is 53.9 Å². The Kier molecular flexibility index (Phi) is 5.72. The van der Waals surface area contributed by atoms with E-state index in [2.05, 4.69) is 19.1 Å². The summed E-state index contributed by atoms with van der Waals surface area (Å²) in [6.45, 7) is 3.00. The first-order chi connectivity index (χ1) is 14.1. The molecule has 0 unspecified atom stereocenters. The van der Waals surface area contributed by atoms with Gasteiger partial charge in [-0.2, -0.15) is 0 Å². The minimum atomic E-state index is 0.0148. The van der Waals surface area contributed by atoms with E-state index in [4.69, 9.17) is 20.4 Å². The number of carbonyl (C=O) groups is 1. The van der Waals surface area contributed by atoms with E-state index in [-0.39, 0.29) is 12.3 Å². The van der Waals surface area contributed by atoms with Crippen LogP contribution in [0.1, 0.15) is 29.4 Å². The summed E-state index contributed by atoms with van der Waals surface area (Å²) >= 11 is 5.99. The van der Waals surface area contributed by atoms with Gasteiger partial charge in [0.1, 0.15) is 11.3 Å². The van der Waals surface area contributed by atoms with Crippen LogP contribution in [0.25, 0.3) is 11.0 Å². The normalized spacial score (nSPS) is 11.1. The summed E-state index contributed by atoms with van der Waals surface area (Å²) in [4.78, 5) is 15.0. The Balaban J connectivity index is 1.58. The first kappa shape index (κ1) is 19.3. The molecule has 2 heterocycles. The number of benzene rings is 2. The summed E-state index contributed by atoms with van der Waals surface area (Å²) < 4.78 is 11.1. The zero-order valence-corrected chi connectivity index (χ0v) is 17.0. The predicted molar refractivity (Wildman–Crippen MR) is 114 cm³/mol. The summed E-state index contributed by atoms with van der Waals surface area (Å²) in [5, 5.41) is 1.68. The van der Waals surface area contributed by atoms with Crippen molar-refractivity contribution in [2.45, 2.75) is 32.9 Å². The Labute approximate surface area is 174 Å². The highest BCUT2D eigenvalue weighted by molar-refractivity contribution is 6.30. The fourth-order valence-electron chi connectivity index (χ4n) is 3.39. The van der Waals surface area contributed by atoms with Crippen LogP contribution in [0.3, 0.4) is 0 Å². The third-order valence-electron chi connectivity index (χ3n) is 5.03. The Morgan fingerprint density at radius 1 is 1.00 bits per heavy atom. The van der Waals surface area contributed by atoms with Gasteiger partial charge in [0.25, 0.3) is 0 Å². The molecule has 0 aliphatic heterocycles. The second-order valence-electron chi connectivity index (χ2n) is 7.08. The molecule has 0 spiro atoms. The van der Waals surface area contributed by atoms with Crippen molar-refractivity contribution in [1.29, 1.82) is 0 Å². The van der Waals surface area contributed by atoms with Crippen molar-refractivity contribution in [1.82, 2.24) is 4.90 Å². The Hall–Kier alpha value is -2.98. The fraction of sp³-hybridized carbons (Fsp3) is 0.208. The maximum absolute atomic E-state index is 13.2. The molecule has 0 N–H and O–H groups in total. The monoisotopic (exact) mass is 407 g/mol. The van der Waals surface area contributed by atoms with E-state index in [9.17, 15) is 4.79 Å². The molecular weight excluding hydrogens is 386 g/mol. The third-order valence-corrected chi connectivity index (χ3v) is 5.29. The molecule has 0 bridgehead atoms. The van der Waals surface area contributed by atoms with E-state index in [0.29, 0.717) is 18.1 Å². The molecule has 29 heavy (non-hydrogen) atoms. The molecular formula is C24H22ClNO3. The van der Waals surface area contributed by atoms with Gasteiger partial charge in [-0.15, -0.1) is 0 Å². The number of hydrogen-bond donors (Lipinski definition) is 0. The molecule has 5 heteroatoms. The Morgan fingerprint density at radius 3 is 2.52 bits per heavy atom. The molecule has 4 nitrogen and oxygen atoms in total. The highest BCUT2D eigenvalue weighted by atomic mass is 35.5. The minimum Gasteiger partial charge on any atom is -0.467 e. The lowest BCUT2D eigenvalue weighted by Crippen LogP contribution is -2.31. The van der Waals surface area contributed by atoms with Crippen molar-refractivity contribution in [3.05, 3.63) is 94.6 Å². The van der Waals surface area contributed by atoms with Gasteiger partial charge in [0.2, 0.25) is 5.91 Å². The number of nitrogens with zero attached hydrogens (tertiary/aromatic N) is 1. The maximum atomic E-state index is 13.2. The van der Waals surface area contributed by atoms with E-state index >= 15 is 0 Å². The van der Waals surface area contributed by atoms with Gasteiger partial charge in [-0.3, -0.25) is 4.79 Å². The standard InChI is InChI=1S/C24H22ClNO3/c1-2-17-7-10-23-22(12-17)19(16-29-23)13-24(27)26(15-21-4-3-11-28-21)14-18-5-8-20(25)9-6-18/h3-12,16H,2,13-15H2,1H3. The predicted octanol–water partition coefficient (Wildman–Crippen LogP) is 6.01. The summed E-state index contributed by atoms with van der Waals surface area (Å²) in [5.41, 5.74) is 3.95. The van der Waals surface area contributed by atoms with Crippen LogP contribution in [-0.4, -0.2) is 10.8 Å². The first-order valence-corrected chi connectivity index (χ1v) is 10.0. The van der Waals surface area contributed by atoms with Crippen molar-refractivity contribution in [3.63, 3.8) is 0 Å². The van der Waals surface area contributed by atoms with Crippen molar-refractivity contribution in [2.75, 3.05) is 0 Å². The SMILES string of the molecule is CCc1ccc2occ(CC(=O)N(Cc3ccc(Cl)cc3)Cc3ccco3)c2c1. The molecule has 4 aromatic rings. The second-order valence-corrected chi connectivity index (χ2v) is 7.51. The zero-order valence-electron chi connectivity index (χ0n) is 16.2. The molecule has 2 aromatic heterocycles. The van der Waals surface area contributed by atoms with Gasteiger partial charge in [0, 0.05) is 22.5 Å². The summed E-state index contributed by atoms with van der Waals surface area (Å²) in [6.07, 6.45) is 4.52. The largest absolute Gasteiger partial charge is 0.467 e. The Bertz CT molecular complexity index is 1100. The molecule has 4 rings (SSSR count). The number of hydrogen-bond acceptors (Lipinski definition) is 3. The lowest BCUT2D eigenvalue weighted by molar-refractivity contribution is -0.132. The van der Waals surface area contributed by atoms with Crippen LogP contribution in [-0.2, 0) is 30.7 Å². The molecule has 0 saturated heterocycles. The molecule has 0 atom stereocenters. The summed E-state index contributed by atoms with van der Waals surface area (Å²) in [5.74, 6) is 0.763. The van der Waals surface area contributed by atoms with Crippen LogP contribution in [0.2, 0.25) is 5.02 Å². The van der Waals surface area contributed by atoms with Gasteiger partial charge in [0.05, 0.1) is 25.5 Å². The molecule has 148 valence electrons. The highest BCUT2D eigenvalue weighted by Gasteiger charge is 2.19. The van der Waals surface area contributed by atoms with Gasteiger partial charge in [0.15, 0.2) is 0 Å². The van der Waals surface area contributed by atoms with Crippen molar-refractivity contribution in [3.8, 4) is 0 Å². The second kappa shape index (κ2) is 8.58. The van der Waals surface area contributed by atoms with Gasteiger partial charge >= 0.3 is 0 Å². The van der Waals surface area contributed by atoms with Crippen LogP contribution in [0, 0.1) is 0 Å². The average molecular weight is 408 g/mol. The van der Waals surface area contributed by atoms with Crippen LogP contribution >= 0.6 is 11.6 Å². The quantitative estimate of drug-likeness (QED) is 0.376. The molecule has 0 saturated carbocycles. The topological polar surface area (TPSA) is 46.6 Å². The van der Waals surface area contributed by atoms with Gasteiger partial charge in [-0.1, -0.05) is 36.7 Å². The van der Waals surface area contributed by atoms with E-state index in [1.54, 1.807) is 17.4 Å². The number of carbonyl (C=O) groups excluding carboxylic acids is 1. The lowest BCUT2D eigenvalue weighted by atomic mass is 10.1. The van der Waals surface area contributed by atoms with E-state index in [1.165, 1.54) is 5.56 Å². The number of fused-ring (bicyclic) bond motifs is 1. The number of rotatable bonds is 7. The number of amides is 1. The Morgan fingerprint density at radius 2 is 1.79 bits per heavy atom. The van der Waals surface area contributed by atoms with Gasteiger partial charge < -0.3 is 13.7 Å². The number of furan rings is 2. The summed E-state index contributed by atoms with van der Waals surface area (Å²) in [6, 6.07) is 17.4. The smallest absolute Gasteiger partial charge is 0.227 e. The molecule has 0 radical (unpaired) electrons. The zero-order chi connectivity index (χ0) is 20.2. The first-order valence-electron chi connectivity index (χ1n) is 9.66. The van der Waals surface area contributed by atoms with E-state index in [1.807, 2.05) is 42.5 Å². The molecule has 0 aliphatic carbocycles. The number of halogens is 1. The molecule has 1 amide bonds. The average Bonchev–Trinajstić information content (AvgIpc) is 3.39. The lowest BCUT2D eigenvalue weighted by Gasteiger charge is -2.22.